The van der Waals surface area contributed by atoms with Crippen LogP contribution in [0.5, 0.6) is 0 Å². The fraction of sp³-hybridized carbons (Fsp3) is 0.222. The standard InChI is InChI=1S/C27H23BrFN5O4S/c28-19-8-7-18(21(29)13-19)15-38-11-10-33-25(36)20-2-1-9-31-23(20)34(27(33)37)14-17-5-3-16(4-6-17)12-22-24(35)32-26(30)39-22/h1-9,13,22H,10-12,14-15H2,(H2,30,32,35). The minimum Gasteiger partial charge on any atom is -0.378 e. The number of pyridine rings is 1. The number of hydrogen-bond acceptors (Lipinski definition) is 7. The van der Waals surface area contributed by atoms with Crippen molar-refractivity contribution in [3.05, 3.63) is 109 Å². The first-order valence-corrected chi connectivity index (χ1v) is 13.7. The summed E-state index contributed by atoms with van der Waals surface area (Å²) in [5.41, 5.74) is 7.08. The van der Waals surface area contributed by atoms with Gasteiger partial charge in [0, 0.05) is 16.2 Å². The molecule has 1 unspecified atom stereocenters. The van der Waals surface area contributed by atoms with Gasteiger partial charge < -0.3 is 10.5 Å². The van der Waals surface area contributed by atoms with Crippen LogP contribution in [0.1, 0.15) is 16.7 Å². The van der Waals surface area contributed by atoms with Gasteiger partial charge in [0.05, 0.1) is 36.9 Å². The van der Waals surface area contributed by atoms with Gasteiger partial charge in [0.15, 0.2) is 5.17 Å². The summed E-state index contributed by atoms with van der Waals surface area (Å²) < 4.78 is 22.8. The largest absolute Gasteiger partial charge is 0.378 e. The molecule has 0 saturated carbocycles. The van der Waals surface area contributed by atoms with E-state index in [-0.39, 0.29) is 48.3 Å². The van der Waals surface area contributed by atoms with Gasteiger partial charge in [-0.25, -0.2) is 14.2 Å². The molecule has 0 aliphatic carbocycles. The SMILES string of the molecule is NC1=NC(=O)C(Cc2ccc(Cn3c(=O)n(CCOCc4ccc(Br)cc4F)c(=O)c4cccnc43)cc2)S1. The van der Waals surface area contributed by atoms with Crippen LogP contribution in [0.2, 0.25) is 0 Å². The molecule has 2 N–H and O–H groups in total. The lowest BCUT2D eigenvalue weighted by Gasteiger charge is -2.14. The average molecular weight is 612 g/mol. The molecule has 0 fully saturated rings. The second-order valence-electron chi connectivity index (χ2n) is 8.90. The Hall–Kier alpha value is -3.61. The number of carbonyl (C=O) groups excluding carboxylic acids is 1. The molecule has 2 aromatic heterocycles. The summed E-state index contributed by atoms with van der Waals surface area (Å²) in [4.78, 5) is 46.5. The summed E-state index contributed by atoms with van der Waals surface area (Å²) in [5.74, 6) is -0.642. The van der Waals surface area contributed by atoms with Gasteiger partial charge in [-0.2, -0.15) is 4.99 Å². The smallest absolute Gasteiger partial charge is 0.333 e. The zero-order valence-electron chi connectivity index (χ0n) is 20.5. The minimum absolute atomic E-state index is 0.00211. The molecular weight excluding hydrogens is 589 g/mol. The van der Waals surface area contributed by atoms with Crippen LogP contribution < -0.4 is 17.0 Å². The van der Waals surface area contributed by atoms with Gasteiger partial charge in [0.25, 0.3) is 11.5 Å². The Labute approximate surface area is 234 Å². The van der Waals surface area contributed by atoms with Crippen LogP contribution in [0, 0.1) is 5.82 Å². The third-order valence-corrected chi connectivity index (χ3v) is 7.73. The maximum Gasteiger partial charge on any atom is 0.333 e. The number of halogens is 2. The number of hydrogen-bond donors (Lipinski definition) is 1. The lowest BCUT2D eigenvalue weighted by atomic mass is 10.1. The predicted octanol–water partition coefficient (Wildman–Crippen LogP) is 3.22. The normalized spacial score (nSPS) is 15.2. The van der Waals surface area contributed by atoms with Crippen molar-refractivity contribution in [1.82, 2.24) is 14.1 Å². The van der Waals surface area contributed by atoms with Crippen LogP contribution >= 0.6 is 27.7 Å². The van der Waals surface area contributed by atoms with Crippen molar-refractivity contribution >= 4 is 49.8 Å². The number of aliphatic imine (C=N–C) groups is 1. The minimum atomic E-state index is -0.519. The van der Waals surface area contributed by atoms with Gasteiger partial charge in [-0.1, -0.05) is 58.0 Å². The van der Waals surface area contributed by atoms with E-state index in [0.29, 0.717) is 21.8 Å². The lowest BCUT2D eigenvalue weighted by Crippen LogP contribution is -2.41. The summed E-state index contributed by atoms with van der Waals surface area (Å²) in [7, 11) is 0. The molecule has 3 heterocycles. The number of thioether (sulfide) groups is 1. The van der Waals surface area contributed by atoms with E-state index in [9.17, 15) is 18.8 Å². The fourth-order valence-electron chi connectivity index (χ4n) is 4.27. The first-order valence-electron chi connectivity index (χ1n) is 12.0. The number of amidine groups is 1. The highest BCUT2D eigenvalue weighted by Crippen LogP contribution is 2.24. The summed E-state index contributed by atoms with van der Waals surface area (Å²) in [6, 6.07) is 15.5. The van der Waals surface area contributed by atoms with Gasteiger partial charge in [-0.15, -0.1) is 0 Å². The maximum absolute atomic E-state index is 14.1. The Kier molecular flexibility index (Phi) is 8.05. The molecule has 12 heteroatoms. The second kappa shape index (κ2) is 11.6. The molecule has 0 spiro atoms. The van der Waals surface area contributed by atoms with E-state index in [4.69, 9.17) is 10.5 Å². The Bertz CT molecular complexity index is 1700. The average Bonchev–Trinajstić information content (AvgIpc) is 3.24. The number of carbonyl (C=O) groups is 1. The van der Waals surface area contributed by atoms with E-state index in [1.54, 1.807) is 24.3 Å². The molecular formula is C27H23BrFN5O4S. The number of nitrogens with zero attached hydrogens (tertiary/aromatic N) is 4. The summed E-state index contributed by atoms with van der Waals surface area (Å²) in [5, 5.41) is 0.251. The van der Waals surface area contributed by atoms with Crippen molar-refractivity contribution < 1.29 is 13.9 Å². The zero-order valence-corrected chi connectivity index (χ0v) is 23.0. The van der Waals surface area contributed by atoms with Crippen molar-refractivity contribution in [2.24, 2.45) is 10.7 Å². The van der Waals surface area contributed by atoms with E-state index in [0.717, 1.165) is 15.7 Å². The number of amides is 1. The summed E-state index contributed by atoms with van der Waals surface area (Å²) in [6.07, 6.45) is 2.03. The van der Waals surface area contributed by atoms with Gasteiger partial charge >= 0.3 is 5.69 Å². The van der Waals surface area contributed by atoms with Crippen molar-refractivity contribution in [2.45, 2.75) is 31.4 Å². The van der Waals surface area contributed by atoms with Crippen molar-refractivity contribution in [1.29, 1.82) is 0 Å². The zero-order chi connectivity index (χ0) is 27.5. The third kappa shape index (κ3) is 6.02. The number of benzene rings is 2. The lowest BCUT2D eigenvalue weighted by molar-refractivity contribution is -0.117. The summed E-state index contributed by atoms with van der Waals surface area (Å²) in [6.45, 7) is 0.230. The van der Waals surface area contributed by atoms with Gasteiger partial charge in [0.2, 0.25) is 0 Å². The van der Waals surface area contributed by atoms with E-state index in [2.05, 4.69) is 25.9 Å². The molecule has 39 heavy (non-hydrogen) atoms. The quantitative estimate of drug-likeness (QED) is 0.288. The van der Waals surface area contributed by atoms with E-state index in [1.807, 2.05) is 24.3 Å². The molecule has 200 valence electrons. The third-order valence-electron chi connectivity index (χ3n) is 6.26. The maximum atomic E-state index is 14.1. The molecule has 5 rings (SSSR count). The van der Waals surface area contributed by atoms with Crippen molar-refractivity contribution in [3.8, 4) is 0 Å². The molecule has 0 radical (unpaired) electrons. The van der Waals surface area contributed by atoms with Crippen LogP contribution in [0.4, 0.5) is 4.39 Å². The summed E-state index contributed by atoms with van der Waals surface area (Å²) >= 11 is 4.47. The van der Waals surface area contributed by atoms with E-state index < -0.39 is 17.1 Å². The molecule has 0 bridgehead atoms. The monoisotopic (exact) mass is 611 g/mol. The number of rotatable bonds is 9. The highest BCUT2D eigenvalue weighted by molar-refractivity contribution is 9.10. The molecule has 1 aliphatic rings. The topological polar surface area (TPSA) is 122 Å². The Balaban J connectivity index is 1.34. The van der Waals surface area contributed by atoms with Crippen LogP contribution in [0.15, 0.2) is 79.8 Å². The Morgan fingerprint density at radius 2 is 1.82 bits per heavy atom. The van der Waals surface area contributed by atoms with E-state index >= 15 is 0 Å². The molecule has 1 aliphatic heterocycles. The van der Waals surface area contributed by atoms with Gasteiger partial charge in [0.1, 0.15) is 11.5 Å². The molecule has 1 amide bonds. The van der Waals surface area contributed by atoms with Gasteiger partial charge in [-0.3, -0.25) is 18.7 Å². The number of nitrogens with two attached hydrogens (primary N) is 1. The van der Waals surface area contributed by atoms with Crippen LogP contribution in [-0.2, 0) is 35.6 Å². The molecule has 4 aromatic rings. The Morgan fingerprint density at radius 1 is 1.05 bits per heavy atom. The first kappa shape index (κ1) is 27.0. The molecule has 1 atom stereocenters. The Morgan fingerprint density at radius 3 is 2.54 bits per heavy atom. The highest BCUT2D eigenvalue weighted by Gasteiger charge is 2.27. The van der Waals surface area contributed by atoms with Gasteiger partial charge in [-0.05, 0) is 41.8 Å². The van der Waals surface area contributed by atoms with Crippen LogP contribution in [0.25, 0.3) is 11.0 Å². The van der Waals surface area contributed by atoms with Crippen molar-refractivity contribution in [2.75, 3.05) is 6.61 Å². The molecule has 9 nitrogen and oxygen atoms in total. The van der Waals surface area contributed by atoms with E-state index in [1.165, 1.54) is 28.6 Å². The molecule has 2 aromatic carbocycles. The van der Waals surface area contributed by atoms with Crippen LogP contribution in [0.3, 0.4) is 0 Å². The highest BCUT2D eigenvalue weighted by atomic mass is 79.9. The van der Waals surface area contributed by atoms with Crippen LogP contribution in [-0.4, -0.2) is 37.0 Å². The number of ether oxygens (including phenoxy) is 1. The predicted molar refractivity (Wildman–Crippen MR) is 151 cm³/mol. The first-order chi connectivity index (χ1) is 18.8. The number of aromatic nitrogens is 3. The number of fused-ring (bicyclic) bond motifs is 1. The van der Waals surface area contributed by atoms with Crippen molar-refractivity contribution in [3.63, 3.8) is 0 Å². The second-order valence-corrected chi connectivity index (χ2v) is 11.0. The fourth-order valence-corrected chi connectivity index (χ4v) is 5.47. The molecule has 0 saturated heterocycles.